The predicted molar refractivity (Wildman–Crippen MR) is 129 cm³/mol. The molecule has 34 heavy (non-hydrogen) atoms. The number of benzene rings is 2. The molecule has 0 N–H and O–H groups in total. The molecule has 2 aromatic carbocycles. The normalized spacial score (nSPS) is 19.4. The molecule has 1 unspecified atom stereocenters. The molecule has 7 nitrogen and oxygen atoms in total. The van der Waals surface area contributed by atoms with Crippen molar-refractivity contribution in [2.45, 2.75) is 51.8 Å². The van der Waals surface area contributed by atoms with Crippen LogP contribution >= 0.6 is 0 Å². The number of methoxy groups -OCH3 is 2. The number of carbonyl (C=O) groups is 2. The summed E-state index contributed by atoms with van der Waals surface area (Å²) >= 11 is 0. The molecule has 4 rings (SSSR count). The van der Waals surface area contributed by atoms with Crippen molar-refractivity contribution in [1.82, 2.24) is 9.80 Å². The molecule has 2 amide bonds. The van der Waals surface area contributed by atoms with Crippen LogP contribution in [0, 0.1) is 6.92 Å². The van der Waals surface area contributed by atoms with Crippen LogP contribution in [0.2, 0.25) is 0 Å². The Morgan fingerprint density at radius 2 is 1.85 bits per heavy atom. The van der Waals surface area contributed by atoms with Crippen LogP contribution in [0.4, 0.5) is 4.79 Å². The van der Waals surface area contributed by atoms with Crippen molar-refractivity contribution in [2.24, 2.45) is 0 Å². The van der Waals surface area contributed by atoms with Crippen molar-refractivity contribution < 1.29 is 23.8 Å². The van der Waals surface area contributed by atoms with Crippen molar-refractivity contribution in [1.29, 1.82) is 0 Å². The fourth-order valence-electron chi connectivity index (χ4n) is 4.62. The maximum Gasteiger partial charge on any atom is 0.414 e. The zero-order valence-corrected chi connectivity index (χ0v) is 20.7. The Bertz CT molecular complexity index is 1150. The topological polar surface area (TPSA) is 68.3 Å². The molecular formula is C27H32N2O5. The summed E-state index contributed by atoms with van der Waals surface area (Å²) in [5, 5.41) is 0. The summed E-state index contributed by atoms with van der Waals surface area (Å²) in [6.45, 7) is 8.35. The summed E-state index contributed by atoms with van der Waals surface area (Å²) in [4.78, 5) is 29.7. The second-order valence-corrected chi connectivity index (χ2v) is 9.78. The molecule has 0 saturated heterocycles. The van der Waals surface area contributed by atoms with Crippen LogP contribution in [-0.4, -0.2) is 48.2 Å². The minimum absolute atomic E-state index is 0.0387. The highest BCUT2D eigenvalue weighted by Gasteiger charge is 2.49. The van der Waals surface area contributed by atoms with E-state index in [2.05, 4.69) is 6.07 Å². The van der Waals surface area contributed by atoms with Crippen LogP contribution < -0.4 is 9.47 Å². The number of aryl methyl sites for hydroxylation is 1. The van der Waals surface area contributed by atoms with Crippen LogP contribution in [0.25, 0.3) is 0 Å². The third kappa shape index (κ3) is 4.22. The van der Waals surface area contributed by atoms with Gasteiger partial charge in [0.05, 0.1) is 26.3 Å². The maximum atomic E-state index is 13.6. The van der Waals surface area contributed by atoms with Crippen molar-refractivity contribution in [3.8, 4) is 11.5 Å². The van der Waals surface area contributed by atoms with Gasteiger partial charge in [-0.25, -0.2) is 4.79 Å². The van der Waals surface area contributed by atoms with E-state index in [0.717, 1.165) is 16.7 Å². The molecule has 0 saturated carbocycles. The molecule has 2 aromatic rings. The number of hydrogen-bond acceptors (Lipinski definition) is 5. The Hall–Kier alpha value is -3.48. The molecule has 2 heterocycles. The first kappa shape index (κ1) is 23.7. The Kier molecular flexibility index (Phi) is 6.06. The van der Waals surface area contributed by atoms with Gasteiger partial charge in [-0.05, 0) is 64.0 Å². The molecule has 7 heteroatoms. The van der Waals surface area contributed by atoms with Gasteiger partial charge in [0.15, 0.2) is 0 Å². The lowest BCUT2D eigenvalue weighted by molar-refractivity contribution is 0.0268. The molecule has 0 aliphatic carbocycles. The van der Waals surface area contributed by atoms with Crippen LogP contribution in [0.15, 0.2) is 48.7 Å². The molecule has 0 radical (unpaired) electrons. The minimum atomic E-state index is -0.665. The van der Waals surface area contributed by atoms with E-state index >= 15 is 0 Å². The van der Waals surface area contributed by atoms with Crippen LogP contribution in [0.5, 0.6) is 11.5 Å². The monoisotopic (exact) mass is 464 g/mol. The molecule has 2 aliphatic heterocycles. The van der Waals surface area contributed by atoms with Gasteiger partial charge in [0.2, 0.25) is 0 Å². The summed E-state index contributed by atoms with van der Waals surface area (Å²) < 4.78 is 16.5. The second-order valence-electron chi connectivity index (χ2n) is 9.78. The molecule has 1 atom stereocenters. The largest absolute Gasteiger partial charge is 0.497 e. The van der Waals surface area contributed by atoms with Crippen molar-refractivity contribution in [3.63, 3.8) is 0 Å². The van der Waals surface area contributed by atoms with Crippen molar-refractivity contribution >= 4 is 12.0 Å². The van der Waals surface area contributed by atoms with E-state index in [-0.39, 0.29) is 5.91 Å². The van der Waals surface area contributed by atoms with Gasteiger partial charge in [0.25, 0.3) is 5.91 Å². The van der Waals surface area contributed by atoms with Crippen molar-refractivity contribution in [2.75, 3.05) is 20.8 Å². The third-order valence-corrected chi connectivity index (χ3v) is 6.31. The van der Waals surface area contributed by atoms with E-state index in [1.54, 1.807) is 25.3 Å². The van der Waals surface area contributed by atoms with E-state index < -0.39 is 17.2 Å². The van der Waals surface area contributed by atoms with Crippen LogP contribution in [-0.2, 0) is 16.8 Å². The first-order chi connectivity index (χ1) is 16.1. The number of hydrogen-bond donors (Lipinski definition) is 0. The standard InChI is InChI=1S/C27H32N2O5/c1-18-7-10-21-22(15-18)27(11-13-28(14-12-27)25(31)34-26(2,3)4)29(24(21)30)17-19-8-9-20(32-5)16-23(19)33-6/h7-11,13,15-16H,12,14,17H2,1-6H3. The number of carbonyl (C=O) groups excluding carboxylic acids is 2. The lowest BCUT2D eigenvalue weighted by atomic mass is 9.83. The zero-order valence-electron chi connectivity index (χ0n) is 20.7. The number of nitrogens with zero attached hydrogens (tertiary/aromatic N) is 2. The Labute approximate surface area is 200 Å². The number of ether oxygens (including phenoxy) is 3. The molecule has 2 aliphatic rings. The lowest BCUT2D eigenvalue weighted by Crippen LogP contribution is -2.47. The van der Waals surface area contributed by atoms with Gasteiger partial charge in [0, 0.05) is 29.9 Å². The van der Waals surface area contributed by atoms with E-state index in [9.17, 15) is 9.59 Å². The Morgan fingerprint density at radius 1 is 1.09 bits per heavy atom. The molecule has 0 bridgehead atoms. The van der Waals surface area contributed by atoms with E-state index in [4.69, 9.17) is 14.2 Å². The highest BCUT2D eigenvalue weighted by molar-refractivity contribution is 6.00. The molecule has 0 aromatic heterocycles. The van der Waals surface area contributed by atoms with Crippen LogP contribution in [0.3, 0.4) is 0 Å². The summed E-state index contributed by atoms with van der Waals surface area (Å²) in [7, 11) is 3.22. The third-order valence-electron chi connectivity index (χ3n) is 6.31. The van der Waals surface area contributed by atoms with Crippen LogP contribution in [0.1, 0.15) is 54.2 Å². The molecular weight excluding hydrogens is 432 g/mol. The van der Waals surface area contributed by atoms with Crippen molar-refractivity contribution in [3.05, 3.63) is 70.9 Å². The first-order valence-corrected chi connectivity index (χ1v) is 11.4. The second kappa shape index (κ2) is 8.70. The maximum absolute atomic E-state index is 13.6. The summed E-state index contributed by atoms with van der Waals surface area (Å²) in [6.07, 6.45) is 3.87. The van der Waals surface area contributed by atoms with Gasteiger partial charge < -0.3 is 19.1 Å². The van der Waals surface area contributed by atoms with E-state index in [0.29, 0.717) is 36.6 Å². The van der Waals surface area contributed by atoms with Gasteiger partial charge in [-0.3, -0.25) is 9.69 Å². The average Bonchev–Trinajstić information content (AvgIpc) is 3.00. The van der Waals surface area contributed by atoms with Gasteiger partial charge in [-0.15, -0.1) is 0 Å². The quantitative estimate of drug-likeness (QED) is 0.636. The molecule has 180 valence electrons. The van der Waals surface area contributed by atoms with E-state index in [1.165, 1.54) is 0 Å². The first-order valence-electron chi connectivity index (χ1n) is 11.4. The number of amides is 2. The smallest absolute Gasteiger partial charge is 0.414 e. The van der Waals surface area contributed by atoms with Gasteiger partial charge in [-0.2, -0.15) is 0 Å². The number of rotatable bonds is 4. The fraction of sp³-hybridized carbons (Fsp3) is 0.407. The van der Waals surface area contributed by atoms with Gasteiger partial charge in [-0.1, -0.05) is 17.7 Å². The number of fused-ring (bicyclic) bond motifs is 2. The molecule has 1 spiro atoms. The average molecular weight is 465 g/mol. The SMILES string of the molecule is COc1ccc(CN2C(=O)c3ccc(C)cc3C23C=CN(C(=O)OC(C)(C)C)CC3)c(OC)c1. The van der Waals surface area contributed by atoms with Gasteiger partial charge in [0.1, 0.15) is 17.1 Å². The summed E-state index contributed by atoms with van der Waals surface area (Å²) in [6, 6.07) is 11.5. The fourth-order valence-corrected chi connectivity index (χ4v) is 4.62. The summed E-state index contributed by atoms with van der Waals surface area (Å²) in [5.41, 5.74) is 2.37. The Morgan fingerprint density at radius 3 is 2.47 bits per heavy atom. The molecule has 0 fully saturated rings. The zero-order chi connectivity index (χ0) is 24.7. The summed E-state index contributed by atoms with van der Waals surface area (Å²) in [5.74, 6) is 1.31. The minimum Gasteiger partial charge on any atom is -0.497 e. The highest BCUT2D eigenvalue weighted by Crippen LogP contribution is 2.46. The van der Waals surface area contributed by atoms with E-state index in [1.807, 2.05) is 69.0 Å². The highest BCUT2D eigenvalue weighted by atomic mass is 16.6. The predicted octanol–water partition coefficient (Wildman–Crippen LogP) is 5.02. The van der Waals surface area contributed by atoms with Gasteiger partial charge >= 0.3 is 6.09 Å². The lowest BCUT2D eigenvalue weighted by Gasteiger charge is -2.41. The Balaban J connectivity index is 1.73.